The van der Waals surface area contributed by atoms with Crippen LogP contribution in [0.15, 0.2) is 85.1 Å². The molecule has 1 aliphatic heterocycles. The molecule has 56 heavy (non-hydrogen) atoms. The van der Waals surface area contributed by atoms with E-state index in [4.69, 9.17) is 18.9 Å². The first-order valence-corrected chi connectivity index (χ1v) is 21.8. The molecule has 13 heteroatoms. The van der Waals surface area contributed by atoms with E-state index in [9.17, 15) is 37.9 Å². The summed E-state index contributed by atoms with van der Waals surface area (Å²) in [5.74, 6) is -2.14. The second-order valence-electron chi connectivity index (χ2n) is 13.7. The predicted molar refractivity (Wildman–Crippen MR) is 219 cm³/mol. The number of unbranched alkanes of at least 4 members (excludes halogenated alkanes) is 9. The maximum atomic E-state index is 12.7. The van der Waals surface area contributed by atoms with E-state index in [-0.39, 0.29) is 19.4 Å². The molecule has 1 saturated heterocycles. The molecule has 4 N–H and O–H groups in total. The molecule has 0 spiro atoms. The van der Waals surface area contributed by atoms with Gasteiger partial charge in [-0.25, -0.2) is 0 Å². The third-order valence-corrected chi connectivity index (χ3v) is 9.35. The monoisotopic (exact) mass is 808 g/mol. The van der Waals surface area contributed by atoms with Crippen LogP contribution in [0.1, 0.15) is 117 Å². The van der Waals surface area contributed by atoms with Gasteiger partial charge >= 0.3 is 11.9 Å². The minimum Gasteiger partial charge on any atom is -0.462 e. The van der Waals surface area contributed by atoms with Gasteiger partial charge in [0.05, 0.1) is 6.61 Å². The van der Waals surface area contributed by atoms with Crippen LogP contribution in [0.4, 0.5) is 0 Å². The van der Waals surface area contributed by atoms with Crippen LogP contribution in [0, 0.1) is 0 Å². The number of hydrogen-bond donors (Lipinski definition) is 4. The van der Waals surface area contributed by atoms with Crippen LogP contribution in [0.2, 0.25) is 0 Å². The summed E-state index contributed by atoms with van der Waals surface area (Å²) >= 11 is 0. The summed E-state index contributed by atoms with van der Waals surface area (Å²) in [6.07, 6.45) is 32.3. The van der Waals surface area contributed by atoms with Crippen LogP contribution < -0.4 is 0 Å². The van der Waals surface area contributed by atoms with Crippen molar-refractivity contribution < 1.29 is 56.8 Å². The second-order valence-corrected chi connectivity index (χ2v) is 15.2. The van der Waals surface area contributed by atoms with Crippen LogP contribution in [-0.4, -0.2) is 96.0 Å². The van der Waals surface area contributed by atoms with Crippen molar-refractivity contribution in [1.82, 2.24) is 0 Å². The van der Waals surface area contributed by atoms with E-state index >= 15 is 0 Å². The number of esters is 2. The molecule has 1 aliphatic rings. The molecule has 0 saturated carbocycles. The minimum atomic E-state index is -4.61. The van der Waals surface area contributed by atoms with Gasteiger partial charge in [0.2, 0.25) is 0 Å². The number of rotatable bonds is 31. The maximum Gasteiger partial charge on any atom is 0.306 e. The number of hydrogen-bond acceptors (Lipinski definition) is 11. The molecule has 0 aliphatic carbocycles. The quantitative estimate of drug-likeness (QED) is 0.0180. The van der Waals surface area contributed by atoms with E-state index in [1.54, 1.807) is 0 Å². The summed E-state index contributed by atoms with van der Waals surface area (Å²) in [6.45, 7) is 3.48. The van der Waals surface area contributed by atoms with Crippen molar-refractivity contribution in [2.24, 2.45) is 0 Å². The van der Waals surface area contributed by atoms with Crippen LogP contribution in [0.25, 0.3) is 0 Å². The Hall–Kier alpha value is -3.17. The predicted octanol–water partition coefficient (Wildman–Crippen LogP) is 7.33. The highest BCUT2D eigenvalue weighted by molar-refractivity contribution is 7.85. The van der Waals surface area contributed by atoms with Gasteiger partial charge in [-0.3, -0.25) is 14.1 Å². The lowest BCUT2D eigenvalue weighted by Crippen LogP contribution is -2.60. The zero-order chi connectivity index (χ0) is 41.3. The highest BCUT2D eigenvalue weighted by atomic mass is 32.2. The Kier molecular flexibility index (Phi) is 29.8. The summed E-state index contributed by atoms with van der Waals surface area (Å²) in [5, 5.41) is 30.8. The topological polar surface area (TPSA) is 186 Å². The van der Waals surface area contributed by atoms with Gasteiger partial charge in [-0.05, 0) is 51.4 Å². The fourth-order valence-electron chi connectivity index (χ4n) is 5.45. The number of carbonyl (C=O) groups excluding carboxylic acids is 2. The Morgan fingerprint density at radius 2 is 1.23 bits per heavy atom. The molecular weight excluding hydrogens is 741 g/mol. The van der Waals surface area contributed by atoms with Crippen molar-refractivity contribution in [3.63, 3.8) is 0 Å². The zero-order valence-corrected chi connectivity index (χ0v) is 34.3. The van der Waals surface area contributed by atoms with Gasteiger partial charge in [0, 0.05) is 12.8 Å². The summed E-state index contributed by atoms with van der Waals surface area (Å²) in [5.41, 5.74) is 0. The largest absolute Gasteiger partial charge is 0.462 e. The number of ether oxygens (including phenoxy) is 4. The number of aliphatic hydroxyl groups excluding tert-OH is 3. The van der Waals surface area contributed by atoms with Gasteiger partial charge in [-0.1, -0.05) is 137 Å². The van der Waals surface area contributed by atoms with E-state index in [0.717, 1.165) is 38.5 Å². The SMILES string of the molecule is CC/C=C/C=C/C=C/C=C/C=C/CCCCCC(=O)OCC(CO[C@H]1O[C@H](CS(=O)(=O)O)[C@@H](O)C(O)C1O)OC(=O)CC/C=C/C/C=C/CCCCCCCC. The van der Waals surface area contributed by atoms with E-state index < -0.39 is 71.2 Å². The van der Waals surface area contributed by atoms with Crippen LogP contribution in [0.5, 0.6) is 0 Å². The molecule has 12 nitrogen and oxygen atoms in total. The molecule has 0 aromatic heterocycles. The first kappa shape index (κ1) is 50.8. The fraction of sp³-hybridized carbons (Fsp3) is 0.628. The lowest BCUT2D eigenvalue weighted by atomic mass is 10.00. The molecule has 318 valence electrons. The van der Waals surface area contributed by atoms with E-state index in [1.807, 2.05) is 60.8 Å². The van der Waals surface area contributed by atoms with Crippen molar-refractivity contribution in [1.29, 1.82) is 0 Å². The molecule has 1 heterocycles. The van der Waals surface area contributed by atoms with Crippen molar-refractivity contribution in [3.8, 4) is 0 Å². The van der Waals surface area contributed by atoms with Crippen LogP contribution in [-0.2, 0) is 38.7 Å². The maximum absolute atomic E-state index is 12.7. The average molecular weight is 809 g/mol. The Morgan fingerprint density at radius 1 is 0.643 bits per heavy atom. The molecule has 6 atom stereocenters. The third-order valence-electron chi connectivity index (χ3n) is 8.60. The van der Waals surface area contributed by atoms with Crippen LogP contribution >= 0.6 is 0 Å². The highest BCUT2D eigenvalue weighted by Crippen LogP contribution is 2.23. The zero-order valence-electron chi connectivity index (χ0n) is 33.4. The molecule has 0 aromatic rings. The molecule has 0 aromatic carbocycles. The molecular formula is C43H68O12S. The highest BCUT2D eigenvalue weighted by Gasteiger charge is 2.46. The second kappa shape index (κ2) is 32.9. The Balaban J connectivity index is 2.59. The van der Waals surface area contributed by atoms with Crippen molar-refractivity contribution >= 4 is 22.1 Å². The number of carbonyl (C=O) groups is 2. The third kappa shape index (κ3) is 27.4. The van der Waals surface area contributed by atoms with Gasteiger partial charge in [0.25, 0.3) is 10.1 Å². The van der Waals surface area contributed by atoms with E-state index in [0.29, 0.717) is 12.8 Å². The molecule has 0 amide bonds. The summed E-state index contributed by atoms with van der Waals surface area (Å²) in [7, 11) is -4.61. The van der Waals surface area contributed by atoms with Gasteiger partial charge < -0.3 is 34.3 Å². The minimum absolute atomic E-state index is 0.0432. The Morgan fingerprint density at radius 3 is 1.89 bits per heavy atom. The van der Waals surface area contributed by atoms with Gasteiger partial charge in [0.15, 0.2) is 12.4 Å². The number of allylic oxidation sites excluding steroid dienone is 14. The molecule has 0 radical (unpaired) electrons. The molecule has 1 rings (SSSR count). The fourth-order valence-corrected chi connectivity index (χ4v) is 6.14. The van der Waals surface area contributed by atoms with Gasteiger partial charge in [-0.15, -0.1) is 0 Å². The lowest BCUT2D eigenvalue weighted by Gasteiger charge is -2.40. The van der Waals surface area contributed by atoms with Crippen molar-refractivity contribution in [2.75, 3.05) is 19.0 Å². The van der Waals surface area contributed by atoms with Gasteiger partial charge in [0.1, 0.15) is 36.8 Å². The van der Waals surface area contributed by atoms with Crippen LogP contribution in [0.3, 0.4) is 0 Å². The number of aliphatic hydroxyl groups is 3. The first-order valence-electron chi connectivity index (χ1n) is 20.2. The summed E-state index contributed by atoms with van der Waals surface area (Å²) in [4.78, 5) is 25.2. The Bertz CT molecular complexity index is 1360. The normalized spacial score (nSPS) is 21.6. The summed E-state index contributed by atoms with van der Waals surface area (Å²) < 4.78 is 53.8. The van der Waals surface area contributed by atoms with Crippen molar-refractivity contribution in [3.05, 3.63) is 85.1 Å². The van der Waals surface area contributed by atoms with Crippen molar-refractivity contribution in [2.45, 2.75) is 153 Å². The lowest BCUT2D eigenvalue weighted by molar-refractivity contribution is -0.297. The molecule has 3 unspecified atom stereocenters. The van der Waals surface area contributed by atoms with Gasteiger partial charge in [-0.2, -0.15) is 8.42 Å². The van der Waals surface area contributed by atoms with E-state index in [2.05, 4.69) is 38.2 Å². The first-order chi connectivity index (χ1) is 27.0. The molecule has 1 fully saturated rings. The average Bonchev–Trinajstić information content (AvgIpc) is 3.16. The smallest absolute Gasteiger partial charge is 0.306 e. The summed E-state index contributed by atoms with van der Waals surface area (Å²) in [6, 6.07) is 0. The Labute approximate surface area is 335 Å². The standard InChI is InChI=1S/C43H68O12S/c1-3-5-7-9-11-13-15-17-18-20-21-23-25-27-29-31-38(44)52-33-36(34-53-43-42(48)41(47)40(46)37(55-43)35-56(49,50)51)54-39(45)32-30-28-26-24-22-19-16-14-12-10-8-6-4-2/h5,7,9,11,13,15,17-22,26,28,36-37,40-43,46-48H,3-4,6,8,10,12,14,16,23-25,27,29-35H2,1-2H3,(H,49,50,51)/b7-5+,11-9+,15-13+,18-17+,21-20+,22-19+,28-26+/t36?,37-,40-,41?,42?,43+/m1/s1. The molecule has 0 bridgehead atoms. The van der Waals surface area contributed by atoms with E-state index in [1.165, 1.54) is 38.5 Å².